The molecule has 4 heteroatoms. The molecule has 4 unspecified atom stereocenters. The molecule has 102 valence electrons. The van der Waals surface area contributed by atoms with E-state index in [-0.39, 0.29) is 12.2 Å². The van der Waals surface area contributed by atoms with E-state index in [2.05, 4.69) is 13.8 Å². The van der Waals surface area contributed by atoms with Gasteiger partial charge in [0.1, 0.15) is 0 Å². The lowest BCUT2D eigenvalue weighted by Crippen LogP contribution is -2.37. The fraction of sp³-hybridized carbons (Fsp3) is 1.00. The van der Waals surface area contributed by atoms with Gasteiger partial charge in [0, 0.05) is 26.1 Å². The summed E-state index contributed by atoms with van der Waals surface area (Å²) in [6, 6.07) is 0. The van der Waals surface area contributed by atoms with Crippen molar-refractivity contribution in [3.63, 3.8) is 0 Å². The Balaban J connectivity index is 2.70. The van der Waals surface area contributed by atoms with Crippen LogP contribution in [-0.2, 0) is 18.9 Å². The van der Waals surface area contributed by atoms with Crippen molar-refractivity contribution in [3.8, 4) is 0 Å². The van der Waals surface area contributed by atoms with Gasteiger partial charge in [-0.1, -0.05) is 13.8 Å². The highest BCUT2D eigenvalue weighted by Gasteiger charge is 2.45. The first-order valence-electron chi connectivity index (χ1n) is 6.24. The van der Waals surface area contributed by atoms with Crippen LogP contribution in [0.15, 0.2) is 0 Å². The normalized spacial score (nSPS) is 31.4. The van der Waals surface area contributed by atoms with Crippen LogP contribution in [0.4, 0.5) is 0 Å². The lowest BCUT2D eigenvalue weighted by molar-refractivity contribution is -0.155. The summed E-state index contributed by atoms with van der Waals surface area (Å²) in [5.41, 5.74) is 0. The van der Waals surface area contributed by atoms with Crippen molar-refractivity contribution in [1.29, 1.82) is 0 Å². The van der Waals surface area contributed by atoms with E-state index in [0.717, 1.165) is 0 Å². The van der Waals surface area contributed by atoms with Gasteiger partial charge in [-0.05, 0) is 13.8 Å². The van der Waals surface area contributed by atoms with E-state index in [0.29, 0.717) is 25.0 Å². The molecule has 1 rings (SSSR count). The van der Waals surface area contributed by atoms with Crippen LogP contribution in [0, 0.1) is 11.8 Å². The maximum atomic E-state index is 5.99. The van der Waals surface area contributed by atoms with E-state index in [1.807, 2.05) is 13.8 Å². The van der Waals surface area contributed by atoms with Crippen molar-refractivity contribution >= 4 is 0 Å². The SMILES string of the molecule is COCC(C)C1OC(C)(C)OC1C(C)COC. The fourth-order valence-corrected chi connectivity index (χ4v) is 2.41. The molecule has 4 atom stereocenters. The molecule has 1 saturated heterocycles. The van der Waals surface area contributed by atoms with Gasteiger partial charge in [-0.3, -0.25) is 0 Å². The Morgan fingerprint density at radius 3 is 1.59 bits per heavy atom. The molecule has 0 aliphatic carbocycles. The van der Waals surface area contributed by atoms with Gasteiger partial charge < -0.3 is 18.9 Å². The molecule has 1 aliphatic rings. The third-order valence-electron chi connectivity index (χ3n) is 3.14. The van der Waals surface area contributed by atoms with Crippen molar-refractivity contribution in [1.82, 2.24) is 0 Å². The molecule has 17 heavy (non-hydrogen) atoms. The van der Waals surface area contributed by atoms with Crippen LogP contribution < -0.4 is 0 Å². The average Bonchev–Trinajstić information content (AvgIpc) is 2.55. The molecule has 0 N–H and O–H groups in total. The molecule has 0 saturated carbocycles. The van der Waals surface area contributed by atoms with E-state index in [1.54, 1.807) is 14.2 Å². The zero-order chi connectivity index (χ0) is 13.1. The standard InChI is InChI=1S/C13H26O4/c1-9(7-14-5)11-12(10(2)8-15-6)17-13(3,4)16-11/h9-12H,7-8H2,1-6H3. The number of hydrogen-bond donors (Lipinski definition) is 0. The molecule has 1 aliphatic heterocycles. The number of hydrogen-bond acceptors (Lipinski definition) is 4. The van der Waals surface area contributed by atoms with Crippen molar-refractivity contribution in [2.24, 2.45) is 11.8 Å². The van der Waals surface area contributed by atoms with Crippen LogP contribution >= 0.6 is 0 Å². The van der Waals surface area contributed by atoms with E-state index >= 15 is 0 Å². The van der Waals surface area contributed by atoms with Crippen molar-refractivity contribution in [2.45, 2.75) is 45.7 Å². The number of methoxy groups -OCH3 is 2. The topological polar surface area (TPSA) is 36.9 Å². The summed E-state index contributed by atoms with van der Waals surface area (Å²) in [6.07, 6.45) is 0.130. The smallest absolute Gasteiger partial charge is 0.163 e. The summed E-state index contributed by atoms with van der Waals surface area (Å²) >= 11 is 0. The zero-order valence-corrected chi connectivity index (χ0v) is 11.9. The predicted octanol–water partition coefficient (Wildman–Crippen LogP) is 2.07. The Morgan fingerprint density at radius 1 is 0.941 bits per heavy atom. The maximum Gasteiger partial charge on any atom is 0.163 e. The Labute approximate surface area is 105 Å². The van der Waals surface area contributed by atoms with Crippen LogP contribution in [0.5, 0.6) is 0 Å². The van der Waals surface area contributed by atoms with Crippen LogP contribution in [0.1, 0.15) is 27.7 Å². The first kappa shape index (κ1) is 14.9. The Morgan fingerprint density at radius 2 is 1.29 bits per heavy atom. The predicted molar refractivity (Wildman–Crippen MR) is 65.9 cm³/mol. The molecule has 0 radical (unpaired) electrons. The van der Waals surface area contributed by atoms with Crippen LogP contribution in [-0.4, -0.2) is 45.4 Å². The minimum atomic E-state index is -0.515. The Bertz CT molecular complexity index is 207. The van der Waals surface area contributed by atoms with Crippen LogP contribution in [0.3, 0.4) is 0 Å². The third kappa shape index (κ3) is 3.91. The summed E-state index contributed by atoms with van der Waals surface area (Å²) in [7, 11) is 3.43. The minimum absolute atomic E-state index is 0.0649. The van der Waals surface area contributed by atoms with Gasteiger partial charge in [-0.15, -0.1) is 0 Å². The Kier molecular flexibility index (Phi) is 5.38. The average molecular weight is 246 g/mol. The van der Waals surface area contributed by atoms with Gasteiger partial charge in [-0.2, -0.15) is 0 Å². The highest BCUT2D eigenvalue weighted by molar-refractivity contribution is 4.87. The molecule has 0 bridgehead atoms. The van der Waals surface area contributed by atoms with Crippen molar-refractivity contribution < 1.29 is 18.9 Å². The van der Waals surface area contributed by atoms with Crippen LogP contribution in [0.25, 0.3) is 0 Å². The summed E-state index contributed by atoms with van der Waals surface area (Å²) in [5.74, 6) is 0.108. The van der Waals surface area contributed by atoms with E-state index in [9.17, 15) is 0 Å². The highest BCUT2D eigenvalue weighted by Crippen LogP contribution is 2.35. The van der Waals surface area contributed by atoms with Gasteiger partial charge in [-0.25, -0.2) is 0 Å². The lowest BCUT2D eigenvalue weighted by atomic mass is 9.93. The second-order valence-electron chi connectivity index (χ2n) is 5.43. The molecule has 4 nitrogen and oxygen atoms in total. The fourth-order valence-electron chi connectivity index (χ4n) is 2.41. The van der Waals surface area contributed by atoms with Crippen molar-refractivity contribution in [2.75, 3.05) is 27.4 Å². The lowest BCUT2D eigenvalue weighted by Gasteiger charge is -2.26. The summed E-state index contributed by atoms with van der Waals surface area (Å²) < 4.78 is 22.4. The molecule has 0 aromatic heterocycles. The largest absolute Gasteiger partial charge is 0.384 e. The second-order valence-corrected chi connectivity index (χ2v) is 5.43. The maximum absolute atomic E-state index is 5.99. The quantitative estimate of drug-likeness (QED) is 0.719. The van der Waals surface area contributed by atoms with Gasteiger partial charge >= 0.3 is 0 Å². The molecule has 0 aromatic rings. The molecule has 0 aromatic carbocycles. The summed E-state index contributed by atoms with van der Waals surface area (Å²) in [4.78, 5) is 0. The monoisotopic (exact) mass is 246 g/mol. The van der Waals surface area contributed by atoms with Crippen molar-refractivity contribution in [3.05, 3.63) is 0 Å². The summed E-state index contributed by atoms with van der Waals surface area (Å²) in [6.45, 7) is 9.54. The van der Waals surface area contributed by atoms with Gasteiger partial charge in [0.15, 0.2) is 5.79 Å². The zero-order valence-electron chi connectivity index (χ0n) is 11.9. The molecule has 1 heterocycles. The minimum Gasteiger partial charge on any atom is -0.384 e. The van der Waals surface area contributed by atoms with Gasteiger partial charge in [0.2, 0.25) is 0 Å². The molecular weight excluding hydrogens is 220 g/mol. The van der Waals surface area contributed by atoms with E-state index < -0.39 is 5.79 Å². The second kappa shape index (κ2) is 6.14. The molecule has 1 fully saturated rings. The highest BCUT2D eigenvalue weighted by atomic mass is 16.8. The first-order chi connectivity index (χ1) is 7.91. The summed E-state index contributed by atoms with van der Waals surface area (Å²) in [5, 5.41) is 0. The molecular formula is C13H26O4. The van der Waals surface area contributed by atoms with Crippen LogP contribution in [0.2, 0.25) is 0 Å². The van der Waals surface area contributed by atoms with Gasteiger partial charge in [0.25, 0.3) is 0 Å². The number of ether oxygens (including phenoxy) is 4. The first-order valence-corrected chi connectivity index (χ1v) is 6.24. The van der Waals surface area contributed by atoms with E-state index in [1.165, 1.54) is 0 Å². The third-order valence-corrected chi connectivity index (χ3v) is 3.14. The van der Waals surface area contributed by atoms with E-state index in [4.69, 9.17) is 18.9 Å². The number of rotatable bonds is 6. The molecule has 0 amide bonds. The Hall–Kier alpha value is -0.160. The molecule has 0 spiro atoms. The van der Waals surface area contributed by atoms with Gasteiger partial charge in [0.05, 0.1) is 25.4 Å².